The van der Waals surface area contributed by atoms with Gasteiger partial charge in [-0.05, 0) is 12.8 Å². The van der Waals surface area contributed by atoms with Crippen LogP contribution in [0.4, 0.5) is 0 Å². The lowest BCUT2D eigenvalue weighted by Gasteiger charge is -2.03. The SMILES string of the molecule is CCCCn1nnc(C=O)c1CCC. The van der Waals surface area contributed by atoms with Gasteiger partial charge in [0.2, 0.25) is 0 Å². The molecule has 4 heteroatoms. The van der Waals surface area contributed by atoms with Crippen LogP contribution in [0.15, 0.2) is 0 Å². The summed E-state index contributed by atoms with van der Waals surface area (Å²) < 4.78 is 1.86. The first-order chi connectivity index (χ1) is 6.83. The average molecular weight is 195 g/mol. The molecule has 0 amide bonds. The molecule has 0 aliphatic rings. The standard InChI is InChI=1S/C10H17N3O/c1-3-5-7-13-10(6-4-2)9(8-14)11-12-13/h8H,3-7H2,1-2H3. The Morgan fingerprint density at radius 1 is 1.36 bits per heavy atom. The number of aromatic nitrogens is 3. The summed E-state index contributed by atoms with van der Waals surface area (Å²) in [6, 6.07) is 0. The Labute approximate surface area is 84.3 Å². The molecule has 0 saturated carbocycles. The zero-order valence-electron chi connectivity index (χ0n) is 8.86. The minimum absolute atomic E-state index is 0.503. The van der Waals surface area contributed by atoms with E-state index in [0.717, 1.165) is 44.2 Å². The maximum atomic E-state index is 10.7. The van der Waals surface area contributed by atoms with Gasteiger partial charge >= 0.3 is 0 Å². The maximum absolute atomic E-state index is 10.7. The third-order valence-corrected chi connectivity index (χ3v) is 2.19. The van der Waals surface area contributed by atoms with Crippen molar-refractivity contribution in [1.29, 1.82) is 0 Å². The van der Waals surface area contributed by atoms with Gasteiger partial charge in [-0.15, -0.1) is 5.10 Å². The summed E-state index contributed by atoms with van der Waals surface area (Å²) in [6.07, 6.45) is 4.89. The van der Waals surface area contributed by atoms with Crippen molar-refractivity contribution >= 4 is 6.29 Å². The van der Waals surface area contributed by atoms with Crippen LogP contribution in [0.3, 0.4) is 0 Å². The van der Waals surface area contributed by atoms with Gasteiger partial charge < -0.3 is 0 Å². The van der Waals surface area contributed by atoms with Gasteiger partial charge in [-0.2, -0.15) is 0 Å². The Morgan fingerprint density at radius 3 is 2.71 bits per heavy atom. The summed E-state index contributed by atoms with van der Waals surface area (Å²) in [6.45, 7) is 5.09. The quantitative estimate of drug-likeness (QED) is 0.651. The molecule has 78 valence electrons. The Balaban J connectivity index is 2.80. The lowest BCUT2D eigenvalue weighted by Crippen LogP contribution is -2.06. The molecular formula is C10H17N3O. The normalized spacial score (nSPS) is 10.4. The lowest BCUT2D eigenvalue weighted by atomic mass is 10.2. The van der Waals surface area contributed by atoms with Crippen molar-refractivity contribution in [2.45, 2.75) is 46.1 Å². The topological polar surface area (TPSA) is 47.8 Å². The van der Waals surface area contributed by atoms with E-state index in [1.54, 1.807) is 0 Å². The molecule has 1 heterocycles. The minimum Gasteiger partial charge on any atom is -0.296 e. The van der Waals surface area contributed by atoms with E-state index in [2.05, 4.69) is 24.2 Å². The molecule has 0 aromatic carbocycles. The van der Waals surface area contributed by atoms with Crippen molar-refractivity contribution in [3.05, 3.63) is 11.4 Å². The molecule has 0 fully saturated rings. The number of hydrogen-bond acceptors (Lipinski definition) is 3. The van der Waals surface area contributed by atoms with Crippen molar-refractivity contribution in [1.82, 2.24) is 15.0 Å². The van der Waals surface area contributed by atoms with Crippen LogP contribution >= 0.6 is 0 Å². The van der Waals surface area contributed by atoms with Gasteiger partial charge in [-0.1, -0.05) is 31.9 Å². The molecule has 0 aliphatic heterocycles. The van der Waals surface area contributed by atoms with Crippen molar-refractivity contribution in [3.63, 3.8) is 0 Å². The molecule has 0 radical (unpaired) electrons. The Kier molecular flexibility index (Phi) is 4.29. The highest BCUT2D eigenvalue weighted by Gasteiger charge is 2.10. The first-order valence-electron chi connectivity index (χ1n) is 5.21. The van der Waals surface area contributed by atoms with E-state index in [1.165, 1.54) is 0 Å². The number of unbranched alkanes of at least 4 members (excludes halogenated alkanes) is 1. The summed E-state index contributed by atoms with van der Waals surface area (Å²) >= 11 is 0. The van der Waals surface area contributed by atoms with E-state index in [4.69, 9.17) is 0 Å². The number of hydrogen-bond donors (Lipinski definition) is 0. The molecule has 0 unspecified atom stereocenters. The molecule has 14 heavy (non-hydrogen) atoms. The second kappa shape index (κ2) is 5.52. The van der Waals surface area contributed by atoms with Crippen LogP contribution in [-0.4, -0.2) is 21.3 Å². The predicted molar refractivity (Wildman–Crippen MR) is 54.3 cm³/mol. The molecule has 0 saturated heterocycles. The van der Waals surface area contributed by atoms with Gasteiger partial charge in [0.15, 0.2) is 6.29 Å². The second-order valence-electron chi connectivity index (χ2n) is 3.37. The van der Waals surface area contributed by atoms with E-state index >= 15 is 0 Å². The number of aldehydes is 1. The molecule has 1 aromatic rings. The van der Waals surface area contributed by atoms with E-state index in [9.17, 15) is 4.79 Å². The fraction of sp³-hybridized carbons (Fsp3) is 0.700. The second-order valence-corrected chi connectivity index (χ2v) is 3.37. The Bertz CT molecular complexity index is 294. The Morgan fingerprint density at radius 2 is 2.14 bits per heavy atom. The molecule has 0 N–H and O–H groups in total. The third-order valence-electron chi connectivity index (χ3n) is 2.19. The predicted octanol–water partition coefficient (Wildman–Crippen LogP) is 1.84. The van der Waals surface area contributed by atoms with Crippen molar-refractivity contribution in [2.24, 2.45) is 0 Å². The number of carbonyl (C=O) groups is 1. The number of rotatable bonds is 6. The van der Waals surface area contributed by atoms with Gasteiger partial charge in [0.1, 0.15) is 5.69 Å². The first-order valence-corrected chi connectivity index (χ1v) is 5.21. The largest absolute Gasteiger partial charge is 0.296 e. The van der Waals surface area contributed by atoms with E-state index in [-0.39, 0.29) is 0 Å². The molecule has 1 rings (SSSR count). The van der Waals surface area contributed by atoms with Crippen LogP contribution in [0.5, 0.6) is 0 Å². The highest BCUT2D eigenvalue weighted by atomic mass is 16.1. The van der Waals surface area contributed by atoms with E-state index in [1.807, 2.05) is 4.68 Å². The van der Waals surface area contributed by atoms with Gasteiger partial charge in [0.25, 0.3) is 0 Å². The number of aryl methyl sites for hydroxylation is 1. The summed E-state index contributed by atoms with van der Waals surface area (Å²) in [4.78, 5) is 10.7. The lowest BCUT2D eigenvalue weighted by molar-refractivity contribution is 0.111. The summed E-state index contributed by atoms with van der Waals surface area (Å²) in [7, 11) is 0. The zero-order chi connectivity index (χ0) is 10.4. The van der Waals surface area contributed by atoms with Crippen molar-refractivity contribution in [3.8, 4) is 0 Å². The third kappa shape index (κ3) is 2.40. The van der Waals surface area contributed by atoms with Gasteiger partial charge in [0, 0.05) is 6.54 Å². The minimum atomic E-state index is 0.503. The van der Waals surface area contributed by atoms with Crippen molar-refractivity contribution < 1.29 is 4.79 Å². The highest BCUT2D eigenvalue weighted by molar-refractivity contribution is 5.73. The maximum Gasteiger partial charge on any atom is 0.172 e. The molecule has 0 bridgehead atoms. The van der Waals surface area contributed by atoms with Gasteiger partial charge in [-0.25, -0.2) is 4.68 Å². The molecule has 0 atom stereocenters. The molecule has 1 aromatic heterocycles. The molecule has 0 spiro atoms. The average Bonchev–Trinajstić information content (AvgIpc) is 2.58. The fourth-order valence-electron chi connectivity index (χ4n) is 1.42. The number of nitrogens with zero attached hydrogens (tertiary/aromatic N) is 3. The van der Waals surface area contributed by atoms with E-state index < -0.39 is 0 Å². The van der Waals surface area contributed by atoms with Gasteiger partial charge in [0.05, 0.1) is 5.69 Å². The van der Waals surface area contributed by atoms with E-state index in [0.29, 0.717) is 5.69 Å². The van der Waals surface area contributed by atoms with Crippen LogP contribution < -0.4 is 0 Å². The fourth-order valence-corrected chi connectivity index (χ4v) is 1.42. The summed E-state index contributed by atoms with van der Waals surface area (Å²) in [5.41, 5.74) is 1.49. The molecule has 0 aliphatic carbocycles. The number of carbonyl (C=O) groups excluding carboxylic acids is 1. The molecule has 4 nitrogen and oxygen atoms in total. The Hall–Kier alpha value is -1.19. The van der Waals surface area contributed by atoms with Crippen LogP contribution in [-0.2, 0) is 13.0 Å². The van der Waals surface area contributed by atoms with Crippen molar-refractivity contribution in [2.75, 3.05) is 0 Å². The zero-order valence-corrected chi connectivity index (χ0v) is 8.86. The van der Waals surface area contributed by atoms with Crippen LogP contribution in [0.1, 0.15) is 49.3 Å². The smallest absolute Gasteiger partial charge is 0.172 e. The first kappa shape index (κ1) is 10.9. The molecular weight excluding hydrogens is 178 g/mol. The summed E-state index contributed by atoms with van der Waals surface area (Å²) in [5, 5.41) is 7.83. The van der Waals surface area contributed by atoms with Gasteiger partial charge in [-0.3, -0.25) is 4.79 Å². The van der Waals surface area contributed by atoms with Crippen LogP contribution in [0.25, 0.3) is 0 Å². The summed E-state index contributed by atoms with van der Waals surface area (Å²) in [5.74, 6) is 0. The van der Waals surface area contributed by atoms with Crippen LogP contribution in [0.2, 0.25) is 0 Å². The van der Waals surface area contributed by atoms with Crippen LogP contribution in [0, 0.1) is 0 Å². The monoisotopic (exact) mass is 195 g/mol. The highest BCUT2D eigenvalue weighted by Crippen LogP contribution is 2.07.